The van der Waals surface area contributed by atoms with E-state index in [4.69, 9.17) is 0 Å². The molecule has 0 spiro atoms. The van der Waals surface area contributed by atoms with Crippen LogP contribution in [0.3, 0.4) is 0 Å². The molecule has 1 atom stereocenters. The van der Waals surface area contributed by atoms with Crippen molar-refractivity contribution >= 4 is 5.91 Å². The number of alkyl halides is 1. The molecule has 1 aliphatic heterocycles. The Morgan fingerprint density at radius 1 is 1.75 bits per heavy atom. The number of hydrogen-bond acceptors (Lipinski definition) is 2. The van der Waals surface area contributed by atoms with Crippen LogP contribution in [-0.4, -0.2) is 44.2 Å². The van der Waals surface area contributed by atoms with E-state index in [2.05, 4.69) is 5.32 Å². The molecule has 4 heteroatoms. The number of amides is 1. The summed E-state index contributed by atoms with van der Waals surface area (Å²) >= 11 is 0. The van der Waals surface area contributed by atoms with Gasteiger partial charge in [0.25, 0.3) is 0 Å². The Kier molecular flexibility index (Phi) is 3.47. The van der Waals surface area contributed by atoms with E-state index >= 15 is 0 Å². The van der Waals surface area contributed by atoms with Crippen molar-refractivity contribution in [3.05, 3.63) is 0 Å². The van der Waals surface area contributed by atoms with Crippen molar-refractivity contribution in [2.75, 3.05) is 33.4 Å². The van der Waals surface area contributed by atoms with Gasteiger partial charge in [0.1, 0.15) is 0 Å². The first-order chi connectivity index (χ1) is 5.77. The molecule has 1 N–H and O–H groups in total. The summed E-state index contributed by atoms with van der Waals surface area (Å²) in [5.41, 5.74) is 0. The minimum Gasteiger partial charge on any atom is -0.341 e. The van der Waals surface area contributed by atoms with Crippen molar-refractivity contribution in [1.29, 1.82) is 0 Å². The number of hydrogen-bond donors (Lipinski definition) is 1. The van der Waals surface area contributed by atoms with E-state index in [1.807, 2.05) is 0 Å². The van der Waals surface area contributed by atoms with Crippen molar-refractivity contribution in [2.24, 2.45) is 5.92 Å². The smallest absolute Gasteiger partial charge is 0.236 e. The van der Waals surface area contributed by atoms with Crippen LogP contribution >= 0.6 is 0 Å². The number of rotatable bonds is 3. The first-order valence-corrected chi connectivity index (χ1v) is 4.26. The molecule has 0 aliphatic carbocycles. The molecule has 1 fully saturated rings. The summed E-state index contributed by atoms with van der Waals surface area (Å²) in [7, 11) is 1.74. The Hall–Kier alpha value is -0.640. The SMILES string of the molecule is CNCC(=O)N1CC[C@H](CF)C1. The number of likely N-dealkylation sites (tertiary alicyclic amines) is 1. The van der Waals surface area contributed by atoms with Crippen molar-refractivity contribution in [3.63, 3.8) is 0 Å². The van der Waals surface area contributed by atoms with Gasteiger partial charge < -0.3 is 10.2 Å². The highest BCUT2D eigenvalue weighted by Gasteiger charge is 2.25. The van der Waals surface area contributed by atoms with Crippen LogP contribution in [0.5, 0.6) is 0 Å². The molecule has 12 heavy (non-hydrogen) atoms. The van der Waals surface area contributed by atoms with Crippen LogP contribution in [0.4, 0.5) is 4.39 Å². The van der Waals surface area contributed by atoms with Gasteiger partial charge in [-0.2, -0.15) is 0 Å². The van der Waals surface area contributed by atoms with Crippen LogP contribution in [0.1, 0.15) is 6.42 Å². The normalized spacial score (nSPS) is 23.2. The lowest BCUT2D eigenvalue weighted by molar-refractivity contribution is -0.129. The van der Waals surface area contributed by atoms with Crippen LogP contribution in [0.25, 0.3) is 0 Å². The maximum Gasteiger partial charge on any atom is 0.236 e. The standard InChI is InChI=1S/C8H15FN2O/c1-10-5-8(12)11-3-2-7(4-9)6-11/h7,10H,2-6H2,1H3/t7-/m1/s1. The van der Waals surface area contributed by atoms with Crippen molar-refractivity contribution < 1.29 is 9.18 Å². The molecule has 1 amide bonds. The van der Waals surface area contributed by atoms with E-state index in [1.165, 1.54) is 0 Å². The fraction of sp³-hybridized carbons (Fsp3) is 0.875. The highest BCUT2D eigenvalue weighted by molar-refractivity contribution is 5.78. The third-order valence-electron chi connectivity index (χ3n) is 2.18. The molecule has 0 radical (unpaired) electrons. The van der Waals surface area contributed by atoms with E-state index in [0.717, 1.165) is 13.0 Å². The maximum absolute atomic E-state index is 12.2. The van der Waals surface area contributed by atoms with Crippen LogP contribution in [-0.2, 0) is 4.79 Å². The van der Waals surface area contributed by atoms with E-state index in [-0.39, 0.29) is 18.5 Å². The molecule has 0 saturated carbocycles. The molecule has 0 aromatic heterocycles. The number of carbonyl (C=O) groups excluding carboxylic acids is 1. The molecular weight excluding hydrogens is 159 g/mol. The van der Waals surface area contributed by atoms with Gasteiger partial charge in [0.05, 0.1) is 13.2 Å². The first-order valence-electron chi connectivity index (χ1n) is 4.26. The summed E-state index contributed by atoms with van der Waals surface area (Å²) in [6.07, 6.45) is 0.811. The second kappa shape index (κ2) is 4.40. The van der Waals surface area contributed by atoms with E-state index in [1.54, 1.807) is 11.9 Å². The summed E-state index contributed by atoms with van der Waals surface area (Å²) < 4.78 is 12.2. The molecular formula is C8H15FN2O. The average Bonchev–Trinajstić information content (AvgIpc) is 2.52. The Labute approximate surface area is 71.9 Å². The zero-order chi connectivity index (χ0) is 8.97. The second-order valence-electron chi connectivity index (χ2n) is 3.18. The van der Waals surface area contributed by atoms with Crippen LogP contribution in [0.2, 0.25) is 0 Å². The quantitative estimate of drug-likeness (QED) is 0.654. The minimum absolute atomic E-state index is 0.0748. The van der Waals surface area contributed by atoms with Gasteiger partial charge >= 0.3 is 0 Å². The summed E-state index contributed by atoms with van der Waals surface area (Å²) in [5, 5.41) is 2.79. The molecule has 70 valence electrons. The predicted molar refractivity (Wildman–Crippen MR) is 44.6 cm³/mol. The number of halogens is 1. The van der Waals surface area contributed by atoms with Gasteiger partial charge in [-0.05, 0) is 13.5 Å². The zero-order valence-corrected chi connectivity index (χ0v) is 7.35. The summed E-state index contributed by atoms with van der Waals surface area (Å²) in [6, 6.07) is 0. The molecule has 0 aromatic carbocycles. The number of nitrogens with zero attached hydrogens (tertiary/aromatic N) is 1. The van der Waals surface area contributed by atoms with Crippen LogP contribution < -0.4 is 5.32 Å². The van der Waals surface area contributed by atoms with Crippen molar-refractivity contribution in [3.8, 4) is 0 Å². The monoisotopic (exact) mass is 174 g/mol. The van der Waals surface area contributed by atoms with Crippen molar-refractivity contribution in [1.82, 2.24) is 10.2 Å². The summed E-state index contributed by atoms with van der Waals surface area (Å²) in [6.45, 7) is 1.37. The predicted octanol–water partition coefficient (Wildman–Crippen LogP) is 0.0238. The number of carbonyl (C=O) groups is 1. The molecule has 1 rings (SSSR count). The molecule has 1 aliphatic rings. The zero-order valence-electron chi connectivity index (χ0n) is 7.35. The highest BCUT2D eigenvalue weighted by Crippen LogP contribution is 2.15. The molecule has 1 saturated heterocycles. The van der Waals surface area contributed by atoms with Gasteiger partial charge in [-0.1, -0.05) is 0 Å². The van der Waals surface area contributed by atoms with Gasteiger partial charge in [-0.25, -0.2) is 0 Å². The fourth-order valence-electron chi connectivity index (χ4n) is 1.45. The number of nitrogens with one attached hydrogen (secondary N) is 1. The molecule has 3 nitrogen and oxygen atoms in total. The molecule has 1 heterocycles. The summed E-state index contributed by atoms with van der Waals surface area (Å²) in [5.74, 6) is 0.152. The lowest BCUT2D eigenvalue weighted by Gasteiger charge is -2.15. The fourth-order valence-corrected chi connectivity index (χ4v) is 1.45. The maximum atomic E-state index is 12.2. The third kappa shape index (κ3) is 2.17. The number of likely N-dealkylation sites (N-methyl/N-ethyl adjacent to an activating group) is 1. The van der Waals surface area contributed by atoms with E-state index < -0.39 is 0 Å². The second-order valence-corrected chi connectivity index (χ2v) is 3.18. The highest BCUT2D eigenvalue weighted by atomic mass is 19.1. The Balaban J connectivity index is 2.31. The van der Waals surface area contributed by atoms with E-state index in [0.29, 0.717) is 13.1 Å². The van der Waals surface area contributed by atoms with Crippen LogP contribution in [0, 0.1) is 5.92 Å². The van der Waals surface area contributed by atoms with E-state index in [9.17, 15) is 9.18 Å². The first kappa shape index (κ1) is 9.45. The molecule has 0 unspecified atom stereocenters. The van der Waals surface area contributed by atoms with Gasteiger partial charge in [0, 0.05) is 19.0 Å². The average molecular weight is 174 g/mol. The van der Waals surface area contributed by atoms with Crippen molar-refractivity contribution in [2.45, 2.75) is 6.42 Å². The van der Waals surface area contributed by atoms with Crippen LogP contribution in [0.15, 0.2) is 0 Å². The van der Waals surface area contributed by atoms with Gasteiger partial charge in [0.15, 0.2) is 0 Å². The third-order valence-corrected chi connectivity index (χ3v) is 2.18. The topological polar surface area (TPSA) is 32.3 Å². The summed E-state index contributed by atoms with van der Waals surface area (Å²) in [4.78, 5) is 13.0. The van der Waals surface area contributed by atoms with Gasteiger partial charge in [0.2, 0.25) is 5.91 Å². The largest absolute Gasteiger partial charge is 0.341 e. The lowest BCUT2D eigenvalue weighted by Crippen LogP contribution is -2.35. The Bertz CT molecular complexity index is 163. The van der Waals surface area contributed by atoms with Gasteiger partial charge in [-0.15, -0.1) is 0 Å². The minimum atomic E-state index is -0.302. The Morgan fingerprint density at radius 2 is 2.50 bits per heavy atom. The molecule has 0 bridgehead atoms. The molecule has 0 aromatic rings. The van der Waals surface area contributed by atoms with Gasteiger partial charge in [-0.3, -0.25) is 9.18 Å². The lowest BCUT2D eigenvalue weighted by atomic mass is 10.1. The Morgan fingerprint density at radius 3 is 3.00 bits per heavy atom.